The van der Waals surface area contributed by atoms with Crippen molar-refractivity contribution in [2.75, 3.05) is 0 Å². The van der Waals surface area contributed by atoms with Crippen LogP contribution in [0, 0.1) is 6.92 Å². The number of benzene rings is 2. The molecular formula is C22H22O2. The molecule has 0 radical (unpaired) electrons. The lowest BCUT2D eigenvalue weighted by Gasteiger charge is -2.06. The van der Waals surface area contributed by atoms with Crippen molar-refractivity contribution in [3.05, 3.63) is 95.8 Å². The average Bonchev–Trinajstić information content (AvgIpc) is 2.60. The van der Waals surface area contributed by atoms with Crippen LogP contribution in [0.15, 0.2) is 79.1 Å². The maximum absolute atomic E-state index is 11.3. The summed E-state index contributed by atoms with van der Waals surface area (Å²) in [4.78, 5) is 11.3. The van der Waals surface area contributed by atoms with E-state index in [4.69, 9.17) is 4.74 Å². The molecular weight excluding hydrogens is 296 g/mol. The molecule has 0 atom stereocenters. The summed E-state index contributed by atoms with van der Waals surface area (Å²) in [5.41, 5.74) is 4.06. The number of allylic oxidation sites excluding steroid dienone is 4. The van der Waals surface area contributed by atoms with Crippen molar-refractivity contribution >= 4 is 11.4 Å². The Balaban J connectivity index is 2.14. The van der Waals surface area contributed by atoms with E-state index in [1.54, 1.807) is 13.0 Å². The van der Waals surface area contributed by atoms with Crippen molar-refractivity contribution in [3.8, 4) is 5.75 Å². The summed E-state index contributed by atoms with van der Waals surface area (Å²) in [7, 11) is 0. The first-order chi connectivity index (χ1) is 11.5. The molecule has 0 N–H and O–H groups in total. The van der Waals surface area contributed by atoms with Gasteiger partial charge in [0.1, 0.15) is 11.5 Å². The molecule has 2 aromatic carbocycles. The lowest BCUT2D eigenvalue weighted by Crippen LogP contribution is -1.92. The predicted octanol–water partition coefficient (Wildman–Crippen LogP) is 5.75. The summed E-state index contributed by atoms with van der Waals surface area (Å²) in [6.45, 7) is 9.42. The van der Waals surface area contributed by atoms with E-state index in [0.717, 1.165) is 22.4 Å². The summed E-state index contributed by atoms with van der Waals surface area (Å²) in [6, 6.07) is 15.5. The van der Waals surface area contributed by atoms with E-state index in [0.29, 0.717) is 5.76 Å². The van der Waals surface area contributed by atoms with Crippen molar-refractivity contribution in [2.45, 2.75) is 20.8 Å². The maximum atomic E-state index is 11.3. The van der Waals surface area contributed by atoms with Gasteiger partial charge < -0.3 is 4.74 Å². The summed E-state index contributed by atoms with van der Waals surface area (Å²) in [6.07, 6.45) is 5.55. The lowest BCUT2D eigenvalue weighted by molar-refractivity contribution is 0.101. The SMILES string of the molecule is C=C/C(=C\C=C(/C)c1ccc(C(C)=O)cc1)Oc1ccc(C)cc1. The van der Waals surface area contributed by atoms with Gasteiger partial charge in [-0.15, -0.1) is 0 Å². The fourth-order valence-electron chi connectivity index (χ4n) is 2.16. The van der Waals surface area contributed by atoms with Crippen LogP contribution in [-0.4, -0.2) is 5.78 Å². The molecule has 0 saturated heterocycles. The van der Waals surface area contributed by atoms with Gasteiger partial charge >= 0.3 is 0 Å². The molecule has 0 amide bonds. The molecule has 0 aliphatic heterocycles. The van der Waals surface area contributed by atoms with E-state index >= 15 is 0 Å². The van der Waals surface area contributed by atoms with E-state index in [1.807, 2.05) is 74.5 Å². The Hall–Kier alpha value is -2.87. The normalized spacial score (nSPS) is 12.0. The van der Waals surface area contributed by atoms with E-state index in [9.17, 15) is 4.79 Å². The number of ketones is 1. The number of ether oxygens (including phenoxy) is 1. The molecule has 2 nitrogen and oxygen atoms in total. The third kappa shape index (κ3) is 4.82. The number of aryl methyl sites for hydroxylation is 1. The van der Waals surface area contributed by atoms with Crippen molar-refractivity contribution < 1.29 is 9.53 Å². The highest BCUT2D eigenvalue weighted by Crippen LogP contribution is 2.18. The molecule has 0 aromatic heterocycles. The number of Topliss-reactive ketones (excluding diaryl/α,β-unsaturated/α-hetero) is 1. The predicted molar refractivity (Wildman–Crippen MR) is 100 cm³/mol. The molecule has 0 spiro atoms. The minimum atomic E-state index is 0.0727. The van der Waals surface area contributed by atoms with Gasteiger partial charge in [0.05, 0.1) is 0 Å². The van der Waals surface area contributed by atoms with Gasteiger partial charge in [0, 0.05) is 5.56 Å². The number of hydrogen-bond donors (Lipinski definition) is 0. The first-order valence-electron chi connectivity index (χ1n) is 7.86. The molecule has 24 heavy (non-hydrogen) atoms. The van der Waals surface area contributed by atoms with Crippen LogP contribution in [0.3, 0.4) is 0 Å². The molecule has 0 saturated carbocycles. The van der Waals surface area contributed by atoms with Gasteiger partial charge in [-0.05, 0) is 56.2 Å². The first-order valence-corrected chi connectivity index (χ1v) is 7.86. The van der Waals surface area contributed by atoms with Crippen LogP contribution in [0.5, 0.6) is 5.75 Å². The Morgan fingerprint density at radius 3 is 2.04 bits per heavy atom. The fourth-order valence-corrected chi connectivity index (χ4v) is 2.16. The van der Waals surface area contributed by atoms with E-state index in [1.165, 1.54) is 5.56 Å². The molecule has 122 valence electrons. The van der Waals surface area contributed by atoms with Crippen molar-refractivity contribution in [3.63, 3.8) is 0 Å². The Labute approximate surface area is 143 Å². The molecule has 0 aliphatic rings. The summed E-state index contributed by atoms with van der Waals surface area (Å²) in [5, 5.41) is 0. The molecule has 0 aliphatic carbocycles. The van der Waals surface area contributed by atoms with Gasteiger partial charge in [0.2, 0.25) is 0 Å². The third-order valence-corrected chi connectivity index (χ3v) is 3.70. The Bertz CT molecular complexity index is 776. The minimum absolute atomic E-state index is 0.0727. The minimum Gasteiger partial charge on any atom is -0.457 e. The molecule has 0 unspecified atom stereocenters. The van der Waals surface area contributed by atoms with Gasteiger partial charge in [-0.25, -0.2) is 0 Å². The van der Waals surface area contributed by atoms with Gasteiger partial charge in [-0.1, -0.05) is 54.6 Å². The van der Waals surface area contributed by atoms with Crippen LogP contribution in [0.2, 0.25) is 0 Å². The zero-order chi connectivity index (χ0) is 17.5. The van der Waals surface area contributed by atoms with Gasteiger partial charge in [0.25, 0.3) is 0 Å². The molecule has 2 heteroatoms. The lowest BCUT2D eigenvalue weighted by atomic mass is 10.0. The second-order valence-corrected chi connectivity index (χ2v) is 5.67. The molecule has 0 heterocycles. The Morgan fingerprint density at radius 1 is 0.917 bits per heavy atom. The number of carbonyl (C=O) groups excluding carboxylic acids is 1. The largest absolute Gasteiger partial charge is 0.457 e. The highest BCUT2D eigenvalue weighted by molar-refractivity contribution is 5.94. The Kier molecular flexibility index (Phi) is 5.91. The first kappa shape index (κ1) is 17.5. The van der Waals surface area contributed by atoms with Crippen LogP contribution in [0.4, 0.5) is 0 Å². The van der Waals surface area contributed by atoms with E-state index in [-0.39, 0.29) is 5.78 Å². The highest BCUT2D eigenvalue weighted by atomic mass is 16.5. The smallest absolute Gasteiger partial charge is 0.159 e. The van der Waals surface area contributed by atoms with E-state index in [2.05, 4.69) is 6.58 Å². The number of carbonyl (C=O) groups is 1. The molecule has 2 rings (SSSR count). The quantitative estimate of drug-likeness (QED) is 0.385. The second-order valence-electron chi connectivity index (χ2n) is 5.67. The van der Waals surface area contributed by atoms with E-state index < -0.39 is 0 Å². The van der Waals surface area contributed by atoms with Crippen LogP contribution in [0.25, 0.3) is 5.57 Å². The second kappa shape index (κ2) is 8.11. The van der Waals surface area contributed by atoms with Crippen LogP contribution in [0.1, 0.15) is 35.3 Å². The average molecular weight is 318 g/mol. The summed E-state index contributed by atoms with van der Waals surface area (Å²) < 4.78 is 5.81. The monoisotopic (exact) mass is 318 g/mol. The van der Waals surface area contributed by atoms with Crippen LogP contribution in [-0.2, 0) is 0 Å². The fraction of sp³-hybridized carbons (Fsp3) is 0.136. The molecule has 0 bridgehead atoms. The highest BCUT2D eigenvalue weighted by Gasteiger charge is 2.00. The Morgan fingerprint density at radius 2 is 1.50 bits per heavy atom. The van der Waals surface area contributed by atoms with Crippen molar-refractivity contribution in [2.24, 2.45) is 0 Å². The van der Waals surface area contributed by atoms with Crippen LogP contribution >= 0.6 is 0 Å². The zero-order valence-corrected chi connectivity index (χ0v) is 14.4. The summed E-state index contributed by atoms with van der Waals surface area (Å²) >= 11 is 0. The van der Waals surface area contributed by atoms with Gasteiger partial charge in [-0.3, -0.25) is 4.79 Å². The third-order valence-electron chi connectivity index (χ3n) is 3.70. The van der Waals surface area contributed by atoms with Gasteiger partial charge in [-0.2, -0.15) is 0 Å². The number of rotatable bonds is 6. The number of hydrogen-bond acceptors (Lipinski definition) is 2. The van der Waals surface area contributed by atoms with Crippen LogP contribution < -0.4 is 4.74 Å². The topological polar surface area (TPSA) is 26.3 Å². The molecule has 0 fully saturated rings. The summed E-state index contributed by atoms with van der Waals surface area (Å²) in [5.74, 6) is 1.53. The standard InChI is InChI=1S/C22H22O2/c1-5-21(24-22-13-6-16(2)7-14-22)15-8-17(3)19-9-11-20(12-10-19)18(4)23/h5-15H,1H2,2-4H3/b17-8+,21-15+. The van der Waals surface area contributed by atoms with Crippen molar-refractivity contribution in [1.82, 2.24) is 0 Å². The van der Waals surface area contributed by atoms with Crippen molar-refractivity contribution in [1.29, 1.82) is 0 Å². The zero-order valence-electron chi connectivity index (χ0n) is 14.4. The van der Waals surface area contributed by atoms with Gasteiger partial charge in [0.15, 0.2) is 5.78 Å². The maximum Gasteiger partial charge on any atom is 0.159 e. The molecule has 2 aromatic rings.